The molecular weight excluding hydrogens is 373 g/mol. The van der Waals surface area contributed by atoms with Crippen LogP contribution in [0, 0.1) is 0 Å². The van der Waals surface area contributed by atoms with Gasteiger partial charge in [0.2, 0.25) is 0 Å². The Bertz CT molecular complexity index is 1050. The van der Waals surface area contributed by atoms with E-state index in [0.717, 1.165) is 10.9 Å². The van der Waals surface area contributed by atoms with Crippen LogP contribution in [0.1, 0.15) is 27.8 Å². The van der Waals surface area contributed by atoms with E-state index in [1.54, 1.807) is 18.2 Å². The van der Waals surface area contributed by atoms with Gasteiger partial charge >= 0.3 is 7.12 Å². The molecule has 2 aromatic carbocycles. The van der Waals surface area contributed by atoms with Gasteiger partial charge < -0.3 is 35.5 Å². The standard InChI is InChI=1S/C20H22BN3O5/c22-8-10-24-9-7-13-14(4-2-6-16(13)24)19(25)23-17-11-12-3-1-5-15(20(26)27)18(12)29-21(17)28/h1-7,9,17,20,26-28H,8,10-11,22H2,(H,23,25)/t17-/m0/s1. The first kappa shape index (κ1) is 19.5. The lowest BCUT2D eigenvalue weighted by Crippen LogP contribution is -2.53. The third kappa shape index (κ3) is 3.61. The summed E-state index contributed by atoms with van der Waals surface area (Å²) in [5, 5.41) is 33.0. The molecule has 1 aliphatic heterocycles. The molecule has 1 aliphatic rings. The van der Waals surface area contributed by atoms with Gasteiger partial charge in [-0.3, -0.25) is 4.79 Å². The minimum atomic E-state index is -1.71. The van der Waals surface area contributed by atoms with Gasteiger partial charge in [0.25, 0.3) is 5.91 Å². The fraction of sp³-hybridized carbons (Fsp3) is 0.250. The summed E-state index contributed by atoms with van der Waals surface area (Å²) in [5.41, 5.74) is 7.91. The van der Waals surface area contributed by atoms with Crippen molar-refractivity contribution in [2.24, 2.45) is 5.73 Å². The first-order valence-electron chi connectivity index (χ1n) is 9.41. The second kappa shape index (κ2) is 7.88. The van der Waals surface area contributed by atoms with Crippen molar-refractivity contribution >= 4 is 23.9 Å². The number of carbonyl (C=O) groups excluding carboxylic acids is 1. The largest absolute Gasteiger partial charge is 0.547 e. The number of rotatable bonds is 5. The number of nitrogens with zero attached hydrogens (tertiary/aromatic N) is 1. The molecule has 0 saturated heterocycles. The van der Waals surface area contributed by atoms with Crippen molar-refractivity contribution in [3.05, 3.63) is 65.4 Å². The van der Waals surface area contributed by atoms with E-state index >= 15 is 0 Å². The predicted octanol–water partition coefficient (Wildman–Crippen LogP) is 0.336. The number of carbonyl (C=O) groups is 1. The SMILES string of the molecule is NCCn1ccc2c(C(=O)N[C@H]3Cc4cccc(C(O)O)c4OB3O)cccc21. The average molecular weight is 395 g/mol. The molecule has 1 amide bonds. The van der Waals surface area contributed by atoms with Crippen molar-refractivity contribution < 1.29 is 24.7 Å². The number of aliphatic hydroxyl groups is 2. The molecule has 0 radical (unpaired) electrons. The Morgan fingerprint density at radius 1 is 1.28 bits per heavy atom. The third-order valence-electron chi connectivity index (χ3n) is 5.17. The van der Waals surface area contributed by atoms with Crippen molar-refractivity contribution in [2.75, 3.05) is 6.54 Å². The molecule has 1 aromatic heterocycles. The summed E-state index contributed by atoms with van der Waals surface area (Å²) in [6, 6.07) is 12.3. The Kier molecular flexibility index (Phi) is 5.29. The number of nitrogens with one attached hydrogen (secondary N) is 1. The number of fused-ring (bicyclic) bond motifs is 2. The lowest BCUT2D eigenvalue weighted by molar-refractivity contribution is -0.0436. The predicted molar refractivity (Wildman–Crippen MR) is 108 cm³/mol. The number of aliphatic hydroxyl groups excluding tert-OH is 1. The van der Waals surface area contributed by atoms with Gasteiger partial charge in [-0.1, -0.05) is 24.3 Å². The topological polar surface area (TPSA) is 130 Å². The number of benzene rings is 2. The molecular formula is C20H22BN3O5. The highest BCUT2D eigenvalue weighted by Crippen LogP contribution is 2.33. The van der Waals surface area contributed by atoms with Gasteiger partial charge in [0.05, 0.1) is 5.94 Å². The Balaban J connectivity index is 1.58. The van der Waals surface area contributed by atoms with E-state index in [1.165, 1.54) is 6.07 Å². The Labute approximate surface area is 167 Å². The van der Waals surface area contributed by atoms with Crippen molar-refractivity contribution in [2.45, 2.75) is 25.2 Å². The fourth-order valence-corrected chi connectivity index (χ4v) is 3.78. The summed E-state index contributed by atoms with van der Waals surface area (Å²) in [5.74, 6) is -0.764. The van der Waals surface area contributed by atoms with Gasteiger partial charge in [-0.2, -0.15) is 0 Å². The molecule has 0 saturated carbocycles. The van der Waals surface area contributed by atoms with Crippen molar-refractivity contribution in [3.8, 4) is 5.75 Å². The zero-order valence-electron chi connectivity index (χ0n) is 15.7. The zero-order valence-corrected chi connectivity index (χ0v) is 15.7. The maximum Gasteiger partial charge on any atom is 0.547 e. The molecule has 3 aromatic rings. The summed E-state index contributed by atoms with van der Waals surface area (Å²) >= 11 is 0. The molecule has 29 heavy (non-hydrogen) atoms. The minimum Gasteiger partial charge on any atom is -0.534 e. The number of hydrogen-bond acceptors (Lipinski definition) is 6. The van der Waals surface area contributed by atoms with Gasteiger partial charge in [-0.25, -0.2) is 0 Å². The highest BCUT2D eigenvalue weighted by atomic mass is 16.5. The van der Waals surface area contributed by atoms with Gasteiger partial charge in [0.1, 0.15) is 5.75 Å². The van der Waals surface area contributed by atoms with E-state index in [9.17, 15) is 20.0 Å². The van der Waals surface area contributed by atoms with Gasteiger partial charge in [-0.05, 0) is 30.2 Å². The number of para-hydroxylation sites is 1. The molecule has 2 heterocycles. The van der Waals surface area contributed by atoms with Crippen LogP contribution < -0.4 is 15.7 Å². The summed E-state index contributed by atoms with van der Waals surface area (Å²) in [4.78, 5) is 12.9. The second-order valence-corrected chi connectivity index (χ2v) is 7.04. The normalized spacial score (nSPS) is 16.0. The van der Waals surface area contributed by atoms with E-state index in [0.29, 0.717) is 30.6 Å². The molecule has 1 atom stereocenters. The smallest absolute Gasteiger partial charge is 0.534 e. The summed E-state index contributed by atoms with van der Waals surface area (Å²) in [6.45, 7) is 1.15. The lowest BCUT2D eigenvalue weighted by atomic mass is 9.72. The monoisotopic (exact) mass is 395 g/mol. The van der Waals surface area contributed by atoms with Crippen LogP contribution >= 0.6 is 0 Å². The van der Waals surface area contributed by atoms with E-state index in [1.807, 2.05) is 29.0 Å². The second-order valence-electron chi connectivity index (χ2n) is 7.04. The Hall–Kier alpha value is -2.85. The fourth-order valence-electron chi connectivity index (χ4n) is 3.78. The highest BCUT2D eigenvalue weighted by Gasteiger charge is 2.37. The maximum atomic E-state index is 12.9. The van der Waals surface area contributed by atoms with Gasteiger partial charge in [0.15, 0.2) is 6.29 Å². The molecule has 0 aliphatic carbocycles. The number of hydrogen-bond donors (Lipinski definition) is 5. The van der Waals surface area contributed by atoms with Crippen molar-refractivity contribution in [1.29, 1.82) is 0 Å². The molecule has 0 unspecified atom stereocenters. The van der Waals surface area contributed by atoms with E-state index < -0.39 is 19.3 Å². The van der Waals surface area contributed by atoms with Gasteiger partial charge in [0, 0.05) is 41.3 Å². The van der Waals surface area contributed by atoms with Crippen molar-refractivity contribution in [3.63, 3.8) is 0 Å². The van der Waals surface area contributed by atoms with Crippen LogP contribution in [0.15, 0.2) is 48.7 Å². The van der Waals surface area contributed by atoms with Crippen LogP contribution in [0.4, 0.5) is 0 Å². The molecule has 6 N–H and O–H groups in total. The van der Waals surface area contributed by atoms with Crippen LogP contribution in [0.3, 0.4) is 0 Å². The van der Waals surface area contributed by atoms with Crippen LogP contribution in [0.25, 0.3) is 10.9 Å². The highest BCUT2D eigenvalue weighted by molar-refractivity contribution is 6.47. The molecule has 8 nitrogen and oxygen atoms in total. The first-order chi connectivity index (χ1) is 14.0. The third-order valence-corrected chi connectivity index (χ3v) is 5.17. The summed E-state index contributed by atoms with van der Waals surface area (Å²) < 4.78 is 7.49. The Morgan fingerprint density at radius 3 is 2.83 bits per heavy atom. The van der Waals surface area contributed by atoms with Crippen LogP contribution in [0.5, 0.6) is 5.75 Å². The molecule has 0 fully saturated rings. The van der Waals surface area contributed by atoms with E-state index in [-0.39, 0.29) is 17.2 Å². The van der Waals surface area contributed by atoms with E-state index in [4.69, 9.17) is 10.4 Å². The number of aromatic nitrogens is 1. The van der Waals surface area contributed by atoms with Crippen LogP contribution in [-0.2, 0) is 13.0 Å². The van der Waals surface area contributed by atoms with Crippen LogP contribution in [-0.4, -0.2) is 45.3 Å². The zero-order chi connectivity index (χ0) is 20.5. The molecule has 4 rings (SSSR count). The first-order valence-corrected chi connectivity index (χ1v) is 9.41. The van der Waals surface area contributed by atoms with Gasteiger partial charge in [-0.15, -0.1) is 0 Å². The molecule has 0 spiro atoms. The molecule has 0 bridgehead atoms. The number of amides is 1. The summed E-state index contributed by atoms with van der Waals surface area (Å²) in [7, 11) is -1.31. The lowest BCUT2D eigenvalue weighted by Gasteiger charge is -2.29. The Morgan fingerprint density at radius 2 is 2.07 bits per heavy atom. The molecule has 150 valence electrons. The average Bonchev–Trinajstić information content (AvgIpc) is 3.11. The maximum absolute atomic E-state index is 12.9. The molecule has 9 heteroatoms. The quantitative estimate of drug-likeness (QED) is 0.313. The number of nitrogens with two attached hydrogens (primary N) is 1. The van der Waals surface area contributed by atoms with Crippen molar-refractivity contribution in [1.82, 2.24) is 9.88 Å². The minimum absolute atomic E-state index is 0.178. The van der Waals surface area contributed by atoms with Crippen LogP contribution in [0.2, 0.25) is 0 Å². The van der Waals surface area contributed by atoms with E-state index in [2.05, 4.69) is 5.32 Å². The summed E-state index contributed by atoms with van der Waals surface area (Å²) in [6.07, 6.45) is 0.483.